The van der Waals surface area contributed by atoms with Crippen molar-refractivity contribution in [2.45, 2.75) is 19.4 Å². The Labute approximate surface area is 110 Å². The van der Waals surface area contributed by atoms with E-state index in [2.05, 4.69) is 0 Å². The van der Waals surface area contributed by atoms with Crippen LogP contribution < -0.4 is 4.74 Å². The highest BCUT2D eigenvalue weighted by atomic mass is 19.1. The van der Waals surface area contributed by atoms with Crippen LogP contribution in [0.1, 0.15) is 25.0 Å². The van der Waals surface area contributed by atoms with E-state index in [9.17, 15) is 13.9 Å². The second kappa shape index (κ2) is 5.80. The summed E-state index contributed by atoms with van der Waals surface area (Å²) < 4.78 is 31.6. The summed E-state index contributed by atoms with van der Waals surface area (Å²) in [6.45, 7) is 1.87. The molecule has 0 radical (unpaired) electrons. The van der Waals surface area contributed by atoms with Crippen LogP contribution >= 0.6 is 0 Å². The molecule has 0 aliphatic carbocycles. The van der Waals surface area contributed by atoms with Gasteiger partial charge in [-0.3, -0.25) is 0 Å². The fourth-order valence-electron chi connectivity index (χ4n) is 1.68. The summed E-state index contributed by atoms with van der Waals surface area (Å²) in [7, 11) is 0. The average Bonchev–Trinajstić information content (AvgIpc) is 2.43. The molecule has 0 aliphatic rings. The standard InChI is InChI=1S/C15H14F2O2/c1-2-14(18)10-3-6-12(7-4-10)19-15-9-11(16)5-8-13(15)17/h3-9,14,18H,2H2,1H3/t14-/m0/s1. The van der Waals surface area contributed by atoms with Crippen LogP contribution in [0.5, 0.6) is 11.5 Å². The fourth-order valence-corrected chi connectivity index (χ4v) is 1.68. The van der Waals surface area contributed by atoms with E-state index in [4.69, 9.17) is 4.74 Å². The maximum absolute atomic E-state index is 13.4. The second-order valence-corrected chi connectivity index (χ2v) is 4.17. The molecule has 0 unspecified atom stereocenters. The van der Waals surface area contributed by atoms with Crippen molar-refractivity contribution >= 4 is 0 Å². The van der Waals surface area contributed by atoms with Crippen molar-refractivity contribution in [3.05, 3.63) is 59.7 Å². The van der Waals surface area contributed by atoms with E-state index in [1.807, 2.05) is 6.92 Å². The lowest BCUT2D eigenvalue weighted by Gasteiger charge is -2.10. The van der Waals surface area contributed by atoms with Gasteiger partial charge in [-0.2, -0.15) is 0 Å². The first-order valence-corrected chi connectivity index (χ1v) is 6.01. The Balaban J connectivity index is 2.17. The number of aliphatic hydroxyl groups excluding tert-OH is 1. The smallest absolute Gasteiger partial charge is 0.165 e. The lowest BCUT2D eigenvalue weighted by atomic mass is 10.1. The number of hydrogen-bond acceptors (Lipinski definition) is 2. The Morgan fingerprint density at radius 2 is 1.79 bits per heavy atom. The first-order chi connectivity index (χ1) is 9.10. The molecular weight excluding hydrogens is 250 g/mol. The van der Waals surface area contributed by atoms with Gasteiger partial charge in [0.2, 0.25) is 0 Å². The minimum Gasteiger partial charge on any atom is -0.454 e. The lowest BCUT2D eigenvalue weighted by Crippen LogP contribution is -1.95. The van der Waals surface area contributed by atoms with E-state index in [1.54, 1.807) is 24.3 Å². The van der Waals surface area contributed by atoms with Crippen molar-refractivity contribution in [1.82, 2.24) is 0 Å². The van der Waals surface area contributed by atoms with Crippen molar-refractivity contribution in [2.75, 3.05) is 0 Å². The van der Waals surface area contributed by atoms with E-state index >= 15 is 0 Å². The number of benzene rings is 2. The third kappa shape index (κ3) is 3.29. The molecule has 1 atom stereocenters. The maximum atomic E-state index is 13.4. The Bertz CT molecular complexity index is 553. The molecule has 1 N–H and O–H groups in total. The molecule has 2 aromatic rings. The normalized spacial score (nSPS) is 12.2. The van der Waals surface area contributed by atoms with E-state index in [0.29, 0.717) is 12.2 Å². The fraction of sp³-hybridized carbons (Fsp3) is 0.200. The molecule has 2 aromatic carbocycles. The zero-order valence-corrected chi connectivity index (χ0v) is 10.4. The van der Waals surface area contributed by atoms with Crippen LogP contribution in [0.2, 0.25) is 0 Å². The number of ether oxygens (including phenoxy) is 1. The van der Waals surface area contributed by atoms with Gasteiger partial charge in [0.05, 0.1) is 6.10 Å². The van der Waals surface area contributed by atoms with E-state index in [1.165, 1.54) is 0 Å². The minimum absolute atomic E-state index is 0.163. The SMILES string of the molecule is CC[C@H](O)c1ccc(Oc2cc(F)ccc2F)cc1. The molecule has 0 saturated heterocycles. The highest BCUT2D eigenvalue weighted by Crippen LogP contribution is 2.26. The second-order valence-electron chi connectivity index (χ2n) is 4.17. The summed E-state index contributed by atoms with van der Waals surface area (Å²) in [6.07, 6.45) is 0.0820. The number of rotatable bonds is 4. The van der Waals surface area contributed by atoms with Crippen LogP contribution in [0, 0.1) is 11.6 Å². The number of hydrogen-bond donors (Lipinski definition) is 1. The third-order valence-electron chi connectivity index (χ3n) is 2.77. The van der Waals surface area contributed by atoms with Crippen LogP contribution in [0.4, 0.5) is 8.78 Å². The molecule has 2 rings (SSSR count). The molecule has 0 fully saturated rings. The lowest BCUT2D eigenvalue weighted by molar-refractivity contribution is 0.173. The Kier molecular flexibility index (Phi) is 4.12. The third-order valence-corrected chi connectivity index (χ3v) is 2.77. The zero-order valence-electron chi connectivity index (χ0n) is 10.4. The van der Waals surface area contributed by atoms with Gasteiger partial charge in [-0.15, -0.1) is 0 Å². The molecule has 0 aromatic heterocycles. The molecule has 0 spiro atoms. The summed E-state index contributed by atoms with van der Waals surface area (Å²) in [5, 5.41) is 9.64. The minimum atomic E-state index is -0.626. The monoisotopic (exact) mass is 264 g/mol. The predicted molar refractivity (Wildman–Crippen MR) is 68.1 cm³/mol. The van der Waals surface area contributed by atoms with E-state index in [-0.39, 0.29) is 5.75 Å². The summed E-state index contributed by atoms with van der Waals surface area (Å²) in [5.74, 6) is -0.964. The zero-order chi connectivity index (χ0) is 13.8. The van der Waals surface area contributed by atoms with Gasteiger partial charge < -0.3 is 9.84 Å². The van der Waals surface area contributed by atoms with Crippen LogP contribution in [0.25, 0.3) is 0 Å². The van der Waals surface area contributed by atoms with Gasteiger partial charge in [0.25, 0.3) is 0 Å². The summed E-state index contributed by atoms with van der Waals surface area (Å²) in [5.41, 5.74) is 0.759. The number of halogens is 2. The van der Waals surface area contributed by atoms with Crippen molar-refractivity contribution in [2.24, 2.45) is 0 Å². The van der Waals surface area contributed by atoms with Crippen molar-refractivity contribution < 1.29 is 18.6 Å². The molecule has 4 heteroatoms. The molecule has 0 aliphatic heterocycles. The molecule has 0 heterocycles. The molecule has 0 saturated carbocycles. The van der Waals surface area contributed by atoms with Gasteiger partial charge in [0, 0.05) is 6.07 Å². The highest BCUT2D eigenvalue weighted by molar-refractivity contribution is 5.34. The quantitative estimate of drug-likeness (QED) is 0.896. The molecule has 0 bridgehead atoms. The average molecular weight is 264 g/mol. The molecule has 2 nitrogen and oxygen atoms in total. The molecule has 100 valence electrons. The Hall–Kier alpha value is -1.94. The highest BCUT2D eigenvalue weighted by Gasteiger charge is 2.08. The van der Waals surface area contributed by atoms with E-state index in [0.717, 1.165) is 23.8 Å². The van der Waals surface area contributed by atoms with Crippen LogP contribution in [0.15, 0.2) is 42.5 Å². The first kappa shape index (κ1) is 13.5. The maximum Gasteiger partial charge on any atom is 0.165 e. The topological polar surface area (TPSA) is 29.5 Å². The summed E-state index contributed by atoms with van der Waals surface area (Å²) in [4.78, 5) is 0. The molecular formula is C15H14F2O2. The predicted octanol–water partition coefficient (Wildman–Crippen LogP) is 4.20. The molecule has 19 heavy (non-hydrogen) atoms. The largest absolute Gasteiger partial charge is 0.454 e. The van der Waals surface area contributed by atoms with E-state index < -0.39 is 17.7 Å². The molecule has 0 amide bonds. The Morgan fingerprint density at radius 1 is 1.11 bits per heavy atom. The van der Waals surface area contributed by atoms with Gasteiger partial charge >= 0.3 is 0 Å². The van der Waals surface area contributed by atoms with Gasteiger partial charge in [-0.25, -0.2) is 8.78 Å². The van der Waals surface area contributed by atoms with Crippen LogP contribution in [-0.2, 0) is 0 Å². The van der Waals surface area contributed by atoms with Gasteiger partial charge in [-0.05, 0) is 36.2 Å². The summed E-state index contributed by atoms with van der Waals surface area (Å²) >= 11 is 0. The van der Waals surface area contributed by atoms with Crippen LogP contribution in [0.3, 0.4) is 0 Å². The van der Waals surface area contributed by atoms with Crippen LogP contribution in [-0.4, -0.2) is 5.11 Å². The van der Waals surface area contributed by atoms with Crippen molar-refractivity contribution in [1.29, 1.82) is 0 Å². The number of aliphatic hydroxyl groups is 1. The summed E-state index contributed by atoms with van der Waals surface area (Å²) in [6, 6.07) is 9.64. The van der Waals surface area contributed by atoms with Gasteiger partial charge in [-0.1, -0.05) is 19.1 Å². The van der Waals surface area contributed by atoms with Crippen molar-refractivity contribution in [3.8, 4) is 11.5 Å². The van der Waals surface area contributed by atoms with Gasteiger partial charge in [0.1, 0.15) is 11.6 Å². The van der Waals surface area contributed by atoms with Crippen molar-refractivity contribution in [3.63, 3.8) is 0 Å². The first-order valence-electron chi connectivity index (χ1n) is 6.01. The Morgan fingerprint density at radius 3 is 2.42 bits per heavy atom. The van der Waals surface area contributed by atoms with Gasteiger partial charge in [0.15, 0.2) is 11.6 Å².